The molecular formula is C44H43F3N10O6. The number of ether oxygens (including phenoxy) is 4. The molecule has 6 rings (SSSR count). The number of rotatable bonds is 20. The second-order valence-electron chi connectivity index (χ2n) is 12.7. The molecule has 0 aliphatic heterocycles. The van der Waals surface area contributed by atoms with Gasteiger partial charge in [0.2, 0.25) is 23.7 Å². The summed E-state index contributed by atoms with van der Waals surface area (Å²) >= 11 is 0. The molecule has 0 fully saturated rings. The molecule has 6 aromatic rings. The maximum atomic E-state index is 14.2. The van der Waals surface area contributed by atoms with Crippen molar-refractivity contribution in [1.82, 2.24) is 19.9 Å². The minimum absolute atomic E-state index is 0.00998. The molecule has 2 aromatic heterocycles. The Kier molecular flexibility index (Phi) is 17.3. The molecule has 63 heavy (non-hydrogen) atoms. The fourth-order valence-corrected chi connectivity index (χ4v) is 5.11. The predicted molar refractivity (Wildman–Crippen MR) is 235 cm³/mol. The van der Waals surface area contributed by atoms with Crippen LogP contribution in [0, 0.1) is 17.5 Å². The molecule has 2 amide bonds. The standard InChI is InChI=1S/C22H21F2N5O3.C22H22FN5O3/c1-3-20(30)26-14-5-4-6-15(11-14)27-21-18(24)13-25-22(29-21)28-16-7-8-19(17(23)12-16)32-10-9-31-2;1-3-20(29)25-16-5-4-6-17(13-16)26-21-19(23)14-24-22(28-21)27-15-7-9-18(10-8-15)31-12-11-30-2/h3-8,11-13H,1,9-10H2,2H3,(H,26,30)(H2,25,27,28,29);3-10,13-14H,1,11-12H2,2H3,(H,25,29)(H2,24,26,27,28). The van der Waals surface area contributed by atoms with E-state index in [-0.39, 0.29) is 47.7 Å². The van der Waals surface area contributed by atoms with E-state index in [1.165, 1.54) is 25.3 Å². The second-order valence-corrected chi connectivity index (χ2v) is 12.7. The van der Waals surface area contributed by atoms with Gasteiger partial charge in [-0.15, -0.1) is 0 Å². The van der Waals surface area contributed by atoms with Crippen molar-refractivity contribution in [3.63, 3.8) is 0 Å². The first-order valence-electron chi connectivity index (χ1n) is 18.9. The van der Waals surface area contributed by atoms with Gasteiger partial charge in [-0.05, 0) is 84.9 Å². The normalized spacial score (nSPS) is 10.3. The fraction of sp³-hybridized carbons (Fsp3) is 0.136. The highest BCUT2D eigenvalue weighted by molar-refractivity contribution is 5.99. The number of methoxy groups -OCH3 is 2. The van der Waals surface area contributed by atoms with Gasteiger partial charge >= 0.3 is 0 Å². The number of hydrogen-bond acceptors (Lipinski definition) is 14. The lowest BCUT2D eigenvalue weighted by molar-refractivity contribution is -0.112. The third-order valence-electron chi connectivity index (χ3n) is 8.04. The number of amides is 2. The van der Waals surface area contributed by atoms with Gasteiger partial charge in [-0.1, -0.05) is 25.3 Å². The van der Waals surface area contributed by atoms with Crippen LogP contribution in [0.25, 0.3) is 0 Å². The summed E-state index contributed by atoms with van der Waals surface area (Å²) in [6, 6.07) is 24.9. The first-order valence-corrected chi connectivity index (χ1v) is 18.9. The van der Waals surface area contributed by atoms with E-state index < -0.39 is 17.5 Å². The van der Waals surface area contributed by atoms with Crippen LogP contribution in [0.15, 0.2) is 129 Å². The van der Waals surface area contributed by atoms with Crippen LogP contribution in [0.2, 0.25) is 0 Å². The van der Waals surface area contributed by atoms with E-state index in [0.717, 1.165) is 18.5 Å². The van der Waals surface area contributed by atoms with Gasteiger partial charge in [-0.25, -0.2) is 23.1 Å². The summed E-state index contributed by atoms with van der Waals surface area (Å²) in [6.45, 7) is 8.32. The Morgan fingerprint density at radius 2 is 1.02 bits per heavy atom. The van der Waals surface area contributed by atoms with E-state index in [2.05, 4.69) is 65.0 Å². The van der Waals surface area contributed by atoms with Crippen molar-refractivity contribution >= 4 is 69.5 Å². The molecule has 0 saturated heterocycles. The van der Waals surface area contributed by atoms with Crippen LogP contribution in [0.3, 0.4) is 0 Å². The molecule has 19 heteroatoms. The van der Waals surface area contributed by atoms with E-state index in [1.54, 1.807) is 86.0 Å². The van der Waals surface area contributed by atoms with Gasteiger partial charge in [-0.3, -0.25) is 9.59 Å². The lowest BCUT2D eigenvalue weighted by Gasteiger charge is -2.12. The smallest absolute Gasteiger partial charge is 0.247 e. The summed E-state index contributed by atoms with van der Waals surface area (Å²) < 4.78 is 63.3. The highest BCUT2D eigenvalue weighted by atomic mass is 19.1. The summed E-state index contributed by atoms with van der Waals surface area (Å²) in [5.74, 6) is -1.66. The van der Waals surface area contributed by atoms with Crippen molar-refractivity contribution in [3.05, 3.63) is 146 Å². The van der Waals surface area contributed by atoms with Crippen molar-refractivity contribution in [2.24, 2.45) is 0 Å². The Morgan fingerprint density at radius 3 is 1.51 bits per heavy atom. The van der Waals surface area contributed by atoms with Crippen LogP contribution in [-0.4, -0.2) is 72.4 Å². The van der Waals surface area contributed by atoms with Crippen LogP contribution in [0.1, 0.15) is 0 Å². The van der Waals surface area contributed by atoms with E-state index in [1.807, 2.05) is 0 Å². The summed E-state index contributed by atoms with van der Waals surface area (Å²) in [7, 11) is 3.13. The minimum Gasteiger partial charge on any atom is -0.491 e. The monoisotopic (exact) mass is 864 g/mol. The van der Waals surface area contributed by atoms with Crippen molar-refractivity contribution < 1.29 is 41.7 Å². The third kappa shape index (κ3) is 14.9. The van der Waals surface area contributed by atoms with E-state index in [9.17, 15) is 22.8 Å². The molecule has 0 saturated carbocycles. The van der Waals surface area contributed by atoms with Crippen molar-refractivity contribution in [2.45, 2.75) is 0 Å². The van der Waals surface area contributed by atoms with Crippen LogP contribution in [0.4, 0.5) is 70.8 Å². The number of aromatic nitrogens is 4. The Labute approximate surface area is 360 Å². The second kappa shape index (κ2) is 23.7. The molecule has 326 valence electrons. The number of nitrogens with zero attached hydrogens (tertiary/aromatic N) is 4. The van der Waals surface area contributed by atoms with Gasteiger partial charge in [0.15, 0.2) is 34.8 Å². The summed E-state index contributed by atoms with van der Waals surface area (Å²) in [6.07, 6.45) is 4.37. The highest BCUT2D eigenvalue weighted by Gasteiger charge is 2.12. The maximum Gasteiger partial charge on any atom is 0.247 e. The number of hydrogen-bond donors (Lipinski definition) is 6. The summed E-state index contributed by atoms with van der Waals surface area (Å²) in [5.41, 5.74) is 3.13. The fourth-order valence-electron chi connectivity index (χ4n) is 5.11. The van der Waals surface area contributed by atoms with Crippen molar-refractivity contribution in [3.8, 4) is 11.5 Å². The zero-order chi connectivity index (χ0) is 45.0. The van der Waals surface area contributed by atoms with E-state index in [4.69, 9.17) is 18.9 Å². The maximum absolute atomic E-state index is 14.2. The zero-order valence-corrected chi connectivity index (χ0v) is 34.1. The first kappa shape index (κ1) is 46.0. The molecule has 0 spiro atoms. The number of anilines is 10. The molecule has 0 unspecified atom stereocenters. The van der Waals surface area contributed by atoms with Crippen LogP contribution >= 0.6 is 0 Å². The largest absolute Gasteiger partial charge is 0.491 e. The average Bonchev–Trinajstić information content (AvgIpc) is 3.28. The van der Waals surface area contributed by atoms with Crippen molar-refractivity contribution in [2.75, 3.05) is 72.5 Å². The Morgan fingerprint density at radius 1 is 0.556 bits per heavy atom. The highest BCUT2D eigenvalue weighted by Crippen LogP contribution is 2.27. The zero-order valence-electron chi connectivity index (χ0n) is 34.1. The van der Waals surface area contributed by atoms with Gasteiger partial charge in [0.1, 0.15) is 19.0 Å². The quantitative estimate of drug-likeness (QED) is 0.0315. The molecule has 16 nitrogen and oxygen atoms in total. The molecule has 2 heterocycles. The topological polar surface area (TPSA) is 195 Å². The van der Waals surface area contributed by atoms with Crippen LogP contribution in [0.5, 0.6) is 11.5 Å². The number of benzene rings is 4. The number of nitrogens with one attached hydrogen (secondary N) is 6. The molecule has 0 aliphatic rings. The van der Waals surface area contributed by atoms with Crippen molar-refractivity contribution in [1.29, 1.82) is 0 Å². The number of carbonyl (C=O) groups excluding carboxylic acids is 2. The summed E-state index contributed by atoms with van der Waals surface area (Å²) in [4.78, 5) is 39.1. The van der Waals surface area contributed by atoms with Gasteiger partial charge in [0.25, 0.3) is 0 Å². The van der Waals surface area contributed by atoms with E-state index >= 15 is 0 Å². The first-order chi connectivity index (χ1) is 30.5. The predicted octanol–water partition coefficient (Wildman–Crippen LogP) is 8.64. The van der Waals surface area contributed by atoms with Crippen LogP contribution in [-0.2, 0) is 19.1 Å². The Hall–Kier alpha value is -8.03. The lowest BCUT2D eigenvalue weighted by Crippen LogP contribution is -2.08. The molecule has 0 atom stereocenters. The molecule has 0 radical (unpaired) electrons. The Balaban J connectivity index is 0.000000238. The van der Waals surface area contributed by atoms with Gasteiger partial charge < -0.3 is 50.8 Å². The van der Waals surface area contributed by atoms with E-state index in [0.29, 0.717) is 59.7 Å². The minimum atomic E-state index is -0.691. The average molecular weight is 865 g/mol. The molecule has 4 aromatic carbocycles. The SMILES string of the molecule is C=CC(=O)Nc1cccc(Nc2nc(Nc3ccc(OCCOC)c(F)c3)ncc2F)c1.C=CC(=O)Nc1cccc(Nc2nc(Nc3ccc(OCCOC)cc3)ncc2F)c1. The molecular weight excluding hydrogens is 822 g/mol. The number of halogens is 3. The Bertz CT molecular complexity index is 2500. The molecule has 0 bridgehead atoms. The van der Waals surface area contributed by atoms with Gasteiger partial charge in [-0.2, -0.15) is 9.97 Å². The summed E-state index contributed by atoms with van der Waals surface area (Å²) in [5, 5.41) is 16.8. The lowest BCUT2D eigenvalue weighted by atomic mass is 10.2. The third-order valence-corrected chi connectivity index (χ3v) is 8.04. The van der Waals surface area contributed by atoms with Gasteiger partial charge in [0.05, 0.1) is 25.6 Å². The number of carbonyl (C=O) groups is 2. The van der Waals surface area contributed by atoms with Crippen LogP contribution < -0.4 is 41.4 Å². The molecule has 6 N–H and O–H groups in total. The molecule has 0 aliphatic carbocycles. The van der Waals surface area contributed by atoms with Gasteiger partial charge in [0, 0.05) is 54.4 Å².